The Hall–Kier alpha value is -3.56. The highest BCUT2D eigenvalue weighted by atomic mass is 19.4. The third kappa shape index (κ3) is 4.32. The summed E-state index contributed by atoms with van der Waals surface area (Å²) in [4.78, 5) is 21.6. The molecule has 0 unspecified atom stereocenters. The second kappa shape index (κ2) is 8.34. The fourth-order valence-electron chi connectivity index (χ4n) is 4.54. The van der Waals surface area contributed by atoms with Crippen LogP contribution in [0.1, 0.15) is 42.6 Å². The Labute approximate surface area is 194 Å². The van der Waals surface area contributed by atoms with Crippen molar-refractivity contribution < 1.29 is 18.0 Å². The van der Waals surface area contributed by atoms with Gasteiger partial charge in [0, 0.05) is 31.1 Å². The molecule has 0 radical (unpaired) electrons. The molecular formula is C24H25F3N6O. The standard InChI is InChI=1S/C24H25F3N6O/c25-24(26,27)10-3-11-31-20-9-6-15(22(28)29)12-18(20)30-21(31)14-33-19-5-2-1-4-16(19)13-32(23(33)34)17-7-8-17/h1-2,4-6,9,12,17H,3,7-8,10-11,13-14H2,(H3,28,29). The van der Waals surface area contributed by atoms with Gasteiger partial charge in [-0.2, -0.15) is 13.2 Å². The average molecular weight is 470 g/mol. The predicted octanol–water partition coefficient (Wildman–Crippen LogP) is 4.77. The maximum atomic E-state index is 13.4. The minimum absolute atomic E-state index is 0.102. The monoisotopic (exact) mass is 470 g/mol. The van der Waals surface area contributed by atoms with Crippen molar-refractivity contribution in [1.82, 2.24) is 14.5 Å². The number of nitrogens with zero attached hydrogens (tertiary/aromatic N) is 4. The molecule has 1 aromatic heterocycles. The molecule has 178 valence electrons. The number of nitrogens with one attached hydrogen (secondary N) is 1. The number of urea groups is 1. The van der Waals surface area contributed by atoms with Gasteiger partial charge < -0.3 is 15.2 Å². The lowest BCUT2D eigenvalue weighted by atomic mass is 10.1. The van der Waals surface area contributed by atoms with Crippen LogP contribution in [0.4, 0.5) is 23.7 Å². The predicted molar refractivity (Wildman–Crippen MR) is 123 cm³/mol. The third-order valence-electron chi connectivity index (χ3n) is 6.37. The summed E-state index contributed by atoms with van der Waals surface area (Å²) in [7, 11) is 0. The van der Waals surface area contributed by atoms with Crippen LogP contribution in [0.25, 0.3) is 11.0 Å². The number of para-hydroxylation sites is 1. The highest BCUT2D eigenvalue weighted by Crippen LogP contribution is 2.37. The van der Waals surface area contributed by atoms with Crippen molar-refractivity contribution >= 4 is 28.6 Å². The van der Waals surface area contributed by atoms with Crippen molar-refractivity contribution in [2.45, 2.75) is 57.5 Å². The van der Waals surface area contributed by atoms with Gasteiger partial charge in [0.1, 0.15) is 11.7 Å². The van der Waals surface area contributed by atoms with Crippen LogP contribution < -0.4 is 10.6 Å². The zero-order chi connectivity index (χ0) is 24.0. The number of amides is 2. The number of amidine groups is 1. The Kier molecular flexibility index (Phi) is 5.45. The molecule has 2 heterocycles. The number of anilines is 1. The first-order chi connectivity index (χ1) is 16.2. The Morgan fingerprint density at radius 1 is 1.18 bits per heavy atom. The van der Waals surface area contributed by atoms with Gasteiger partial charge in [-0.25, -0.2) is 9.78 Å². The number of nitrogen functional groups attached to an aromatic ring is 1. The maximum Gasteiger partial charge on any atom is 0.389 e. The largest absolute Gasteiger partial charge is 0.389 e. The molecule has 1 fully saturated rings. The summed E-state index contributed by atoms with van der Waals surface area (Å²) in [5.41, 5.74) is 9.11. The smallest absolute Gasteiger partial charge is 0.384 e. The van der Waals surface area contributed by atoms with Crippen molar-refractivity contribution in [3.63, 3.8) is 0 Å². The highest BCUT2D eigenvalue weighted by molar-refractivity contribution is 5.98. The summed E-state index contributed by atoms with van der Waals surface area (Å²) in [6.45, 7) is 0.802. The Bertz CT molecular complexity index is 1260. The molecule has 1 aliphatic heterocycles. The number of hydrogen-bond acceptors (Lipinski definition) is 3. The zero-order valence-electron chi connectivity index (χ0n) is 18.5. The van der Waals surface area contributed by atoms with Gasteiger partial charge >= 0.3 is 12.2 Å². The zero-order valence-corrected chi connectivity index (χ0v) is 18.5. The number of imidazole rings is 1. The minimum atomic E-state index is -4.25. The molecule has 0 atom stereocenters. The third-order valence-corrected chi connectivity index (χ3v) is 6.37. The van der Waals surface area contributed by atoms with Gasteiger partial charge in [-0.05, 0) is 49.1 Å². The van der Waals surface area contributed by atoms with Gasteiger partial charge in [0.05, 0.1) is 23.3 Å². The van der Waals surface area contributed by atoms with Crippen molar-refractivity contribution in [2.75, 3.05) is 4.90 Å². The maximum absolute atomic E-state index is 13.4. The average Bonchev–Trinajstić information content (AvgIpc) is 3.57. The molecule has 0 spiro atoms. The number of carbonyl (C=O) groups is 1. The number of rotatable bonds is 7. The topological polar surface area (TPSA) is 91.2 Å². The molecule has 0 bridgehead atoms. The van der Waals surface area contributed by atoms with E-state index in [-0.39, 0.29) is 37.4 Å². The van der Waals surface area contributed by atoms with Crippen LogP contribution in [-0.4, -0.2) is 38.5 Å². The first-order valence-corrected chi connectivity index (χ1v) is 11.3. The number of hydrogen-bond donors (Lipinski definition) is 2. The summed E-state index contributed by atoms with van der Waals surface area (Å²) in [5, 5.41) is 7.69. The fourth-order valence-corrected chi connectivity index (χ4v) is 4.54. The molecule has 3 N–H and O–H groups in total. The second-order valence-corrected chi connectivity index (χ2v) is 8.87. The summed E-state index contributed by atoms with van der Waals surface area (Å²) in [6.07, 6.45) is -3.30. The molecule has 3 aromatic rings. The van der Waals surface area contributed by atoms with Crippen LogP contribution in [0.3, 0.4) is 0 Å². The Morgan fingerprint density at radius 2 is 1.94 bits per heavy atom. The quantitative estimate of drug-likeness (QED) is 0.385. The number of carbonyl (C=O) groups excluding carboxylic acids is 1. The number of fused-ring (bicyclic) bond motifs is 2. The normalized spacial score (nSPS) is 16.3. The Morgan fingerprint density at radius 3 is 2.65 bits per heavy atom. The van der Waals surface area contributed by atoms with E-state index in [9.17, 15) is 18.0 Å². The SMILES string of the molecule is N=C(N)c1ccc2c(c1)nc(CN1C(=O)N(C3CC3)Cc3ccccc31)n2CCCC(F)(F)F. The number of halogens is 3. The lowest BCUT2D eigenvalue weighted by molar-refractivity contribution is -0.135. The molecule has 7 nitrogen and oxygen atoms in total. The summed E-state index contributed by atoms with van der Waals surface area (Å²) < 4.78 is 40.2. The molecule has 2 aromatic carbocycles. The van der Waals surface area contributed by atoms with E-state index in [0.717, 1.165) is 24.1 Å². The number of alkyl halides is 3. The summed E-state index contributed by atoms with van der Waals surface area (Å²) in [5.74, 6) is 0.383. The van der Waals surface area contributed by atoms with Crippen molar-refractivity contribution in [3.05, 3.63) is 59.4 Å². The first kappa shape index (κ1) is 22.2. The molecule has 5 rings (SSSR count). The van der Waals surface area contributed by atoms with Crippen LogP contribution >= 0.6 is 0 Å². The molecule has 10 heteroatoms. The molecule has 2 aliphatic rings. The number of nitrogens with two attached hydrogens (primary N) is 1. The lowest BCUT2D eigenvalue weighted by Gasteiger charge is -2.37. The minimum Gasteiger partial charge on any atom is -0.384 e. The van der Waals surface area contributed by atoms with Crippen LogP contribution in [-0.2, 0) is 19.6 Å². The Balaban J connectivity index is 1.53. The van der Waals surface area contributed by atoms with Crippen LogP contribution in [0, 0.1) is 5.41 Å². The van der Waals surface area contributed by atoms with E-state index in [1.165, 1.54) is 0 Å². The number of aryl methyl sites for hydroxylation is 1. The van der Waals surface area contributed by atoms with Crippen LogP contribution in [0.15, 0.2) is 42.5 Å². The molecule has 34 heavy (non-hydrogen) atoms. The number of aromatic nitrogens is 2. The molecule has 1 aliphatic carbocycles. The highest BCUT2D eigenvalue weighted by Gasteiger charge is 2.39. The van der Waals surface area contributed by atoms with Gasteiger partial charge in [-0.15, -0.1) is 0 Å². The summed E-state index contributed by atoms with van der Waals surface area (Å²) in [6, 6.07) is 12.9. The second-order valence-electron chi connectivity index (χ2n) is 8.87. The van der Waals surface area contributed by atoms with Crippen molar-refractivity contribution in [2.24, 2.45) is 5.73 Å². The van der Waals surface area contributed by atoms with E-state index >= 15 is 0 Å². The number of benzene rings is 2. The van der Waals surface area contributed by atoms with E-state index in [1.54, 1.807) is 27.7 Å². The van der Waals surface area contributed by atoms with Gasteiger partial charge in [0.2, 0.25) is 0 Å². The lowest BCUT2D eigenvalue weighted by Crippen LogP contribution is -2.48. The van der Waals surface area contributed by atoms with E-state index in [0.29, 0.717) is 29.0 Å². The van der Waals surface area contributed by atoms with E-state index in [1.807, 2.05) is 29.2 Å². The van der Waals surface area contributed by atoms with Crippen LogP contribution in [0.5, 0.6) is 0 Å². The first-order valence-electron chi connectivity index (χ1n) is 11.3. The molecule has 0 saturated heterocycles. The summed E-state index contributed by atoms with van der Waals surface area (Å²) >= 11 is 0. The van der Waals surface area contributed by atoms with Crippen LogP contribution in [0.2, 0.25) is 0 Å². The van der Waals surface area contributed by atoms with Gasteiger partial charge in [-0.3, -0.25) is 10.3 Å². The van der Waals surface area contributed by atoms with E-state index in [4.69, 9.17) is 11.1 Å². The molecule has 1 saturated carbocycles. The van der Waals surface area contributed by atoms with Crippen molar-refractivity contribution in [3.8, 4) is 0 Å². The van der Waals surface area contributed by atoms with Gasteiger partial charge in [0.15, 0.2) is 0 Å². The van der Waals surface area contributed by atoms with E-state index in [2.05, 4.69) is 4.98 Å². The fraction of sp³-hybridized carbons (Fsp3) is 0.375. The van der Waals surface area contributed by atoms with Gasteiger partial charge in [-0.1, -0.05) is 18.2 Å². The molecule has 2 amide bonds. The van der Waals surface area contributed by atoms with Crippen molar-refractivity contribution in [1.29, 1.82) is 5.41 Å². The van der Waals surface area contributed by atoms with Gasteiger partial charge in [0.25, 0.3) is 0 Å². The molecular weight excluding hydrogens is 445 g/mol. The van der Waals surface area contributed by atoms with E-state index < -0.39 is 12.6 Å².